The molecule has 7 heteroatoms. The third-order valence-electron chi connectivity index (χ3n) is 2.91. The summed E-state index contributed by atoms with van der Waals surface area (Å²) in [5.74, 6) is -0.666. The fourth-order valence-electron chi connectivity index (χ4n) is 1.53. The molecule has 0 radical (unpaired) electrons. The minimum Gasteiger partial charge on any atom is -0.481 e. The molecule has 21 heavy (non-hydrogen) atoms. The Morgan fingerprint density at radius 3 is 1.67 bits per heavy atom. The average Bonchev–Trinajstić information content (AvgIpc) is 2.48. The SMILES string of the molecule is CCCCCCCCC(=O)O.OC[C@@H](O)[C@H](O)[C@@H](O)CO. The van der Waals surface area contributed by atoms with E-state index in [2.05, 4.69) is 6.92 Å². The number of aliphatic hydroxyl groups is 5. The van der Waals surface area contributed by atoms with Gasteiger partial charge in [-0.25, -0.2) is 0 Å². The topological polar surface area (TPSA) is 138 Å². The van der Waals surface area contributed by atoms with Crippen molar-refractivity contribution >= 4 is 5.97 Å². The average molecular weight is 310 g/mol. The molecule has 0 aromatic carbocycles. The predicted molar refractivity (Wildman–Crippen MR) is 77.8 cm³/mol. The molecule has 0 aliphatic carbocycles. The Balaban J connectivity index is 0. The van der Waals surface area contributed by atoms with Gasteiger partial charge in [0, 0.05) is 6.42 Å². The van der Waals surface area contributed by atoms with E-state index in [0.29, 0.717) is 6.42 Å². The van der Waals surface area contributed by atoms with Crippen LogP contribution in [0, 0.1) is 0 Å². The van der Waals surface area contributed by atoms with Crippen LogP contribution in [-0.4, -0.2) is 68.1 Å². The van der Waals surface area contributed by atoms with Crippen molar-refractivity contribution in [3.8, 4) is 0 Å². The van der Waals surface area contributed by atoms with Crippen LogP contribution in [0.5, 0.6) is 0 Å². The molecule has 0 aromatic heterocycles. The number of aliphatic hydroxyl groups excluding tert-OH is 5. The third kappa shape index (κ3) is 15.5. The van der Waals surface area contributed by atoms with Crippen molar-refractivity contribution in [3.63, 3.8) is 0 Å². The second kappa shape index (κ2) is 15.7. The number of unbranched alkanes of at least 4 members (excludes halogenated alkanes) is 5. The number of carboxylic acids is 1. The molecule has 0 fully saturated rings. The number of aliphatic carboxylic acids is 1. The highest BCUT2D eigenvalue weighted by molar-refractivity contribution is 5.66. The van der Waals surface area contributed by atoms with Crippen LogP contribution in [-0.2, 0) is 4.79 Å². The van der Waals surface area contributed by atoms with Crippen molar-refractivity contribution in [2.24, 2.45) is 0 Å². The lowest BCUT2D eigenvalue weighted by atomic mass is 10.1. The Bertz CT molecular complexity index is 225. The molecule has 0 rings (SSSR count). The molecular weight excluding hydrogens is 280 g/mol. The number of carboxylic acid groups (broad SMARTS) is 1. The molecule has 6 N–H and O–H groups in total. The maximum absolute atomic E-state index is 10.1. The Hall–Kier alpha value is -0.730. The molecular formula is C14H30O7. The summed E-state index contributed by atoms with van der Waals surface area (Å²) in [4.78, 5) is 10.1. The van der Waals surface area contributed by atoms with Crippen LogP contribution in [0.2, 0.25) is 0 Å². The minimum atomic E-state index is -1.49. The quantitative estimate of drug-likeness (QED) is 0.292. The molecule has 0 spiro atoms. The van der Waals surface area contributed by atoms with Crippen LogP contribution >= 0.6 is 0 Å². The molecule has 0 amide bonds. The first-order valence-corrected chi connectivity index (χ1v) is 7.38. The lowest BCUT2D eigenvalue weighted by Gasteiger charge is -2.19. The van der Waals surface area contributed by atoms with E-state index in [4.69, 9.17) is 30.6 Å². The molecule has 128 valence electrons. The maximum Gasteiger partial charge on any atom is 0.303 e. The lowest BCUT2D eigenvalue weighted by molar-refractivity contribution is -0.137. The molecule has 0 saturated heterocycles. The van der Waals surface area contributed by atoms with E-state index in [9.17, 15) is 4.79 Å². The summed E-state index contributed by atoms with van der Waals surface area (Å²) < 4.78 is 0. The van der Waals surface area contributed by atoms with E-state index in [1.807, 2.05) is 0 Å². The van der Waals surface area contributed by atoms with Crippen LogP contribution < -0.4 is 0 Å². The van der Waals surface area contributed by atoms with Crippen molar-refractivity contribution in [2.75, 3.05) is 13.2 Å². The first kappa shape index (κ1) is 22.5. The van der Waals surface area contributed by atoms with Crippen molar-refractivity contribution in [1.29, 1.82) is 0 Å². The van der Waals surface area contributed by atoms with Gasteiger partial charge in [0.15, 0.2) is 0 Å². The van der Waals surface area contributed by atoms with Crippen LogP contribution in [0.4, 0.5) is 0 Å². The summed E-state index contributed by atoms with van der Waals surface area (Å²) >= 11 is 0. The molecule has 0 heterocycles. The summed E-state index contributed by atoms with van der Waals surface area (Å²) in [6.07, 6.45) is 2.96. The van der Waals surface area contributed by atoms with E-state index in [1.165, 1.54) is 25.7 Å². The van der Waals surface area contributed by atoms with Gasteiger partial charge in [-0.2, -0.15) is 0 Å². The highest BCUT2D eigenvalue weighted by Crippen LogP contribution is 2.06. The van der Waals surface area contributed by atoms with Gasteiger partial charge in [0.05, 0.1) is 13.2 Å². The smallest absolute Gasteiger partial charge is 0.303 e. The summed E-state index contributed by atoms with van der Waals surface area (Å²) in [6.45, 7) is 0.897. The fourth-order valence-corrected chi connectivity index (χ4v) is 1.53. The van der Waals surface area contributed by atoms with Crippen molar-refractivity contribution in [3.05, 3.63) is 0 Å². The first-order valence-electron chi connectivity index (χ1n) is 7.38. The van der Waals surface area contributed by atoms with Crippen LogP contribution in [0.15, 0.2) is 0 Å². The van der Waals surface area contributed by atoms with E-state index in [1.54, 1.807) is 0 Å². The first-order chi connectivity index (χ1) is 9.90. The highest BCUT2D eigenvalue weighted by atomic mass is 16.4. The van der Waals surface area contributed by atoms with E-state index in [0.717, 1.165) is 12.8 Å². The lowest BCUT2D eigenvalue weighted by Crippen LogP contribution is -2.41. The molecule has 0 unspecified atom stereocenters. The summed E-state index contributed by atoms with van der Waals surface area (Å²) in [5, 5.41) is 50.9. The van der Waals surface area contributed by atoms with Crippen molar-refractivity contribution in [2.45, 2.75) is 70.2 Å². The van der Waals surface area contributed by atoms with Gasteiger partial charge < -0.3 is 30.6 Å². The zero-order chi connectivity index (χ0) is 16.7. The van der Waals surface area contributed by atoms with Gasteiger partial charge in [0.1, 0.15) is 18.3 Å². The number of carbonyl (C=O) groups is 1. The highest BCUT2D eigenvalue weighted by Gasteiger charge is 2.22. The normalized spacial score (nSPS) is 14.8. The van der Waals surface area contributed by atoms with Gasteiger partial charge in [-0.05, 0) is 6.42 Å². The summed E-state index contributed by atoms with van der Waals surface area (Å²) in [7, 11) is 0. The van der Waals surface area contributed by atoms with Crippen molar-refractivity contribution < 1.29 is 35.4 Å². The van der Waals surface area contributed by atoms with Gasteiger partial charge in [0.25, 0.3) is 0 Å². The van der Waals surface area contributed by atoms with Crippen LogP contribution in [0.25, 0.3) is 0 Å². The van der Waals surface area contributed by atoms with Crippen molar-refractivity contribution in [1.82, 2.24) is 0 Å². The molecule has 7 nitrogen and oxygen atoms in total. The van der Waals surface area contributed by atoms with Gasteiger partial charge >= 0.3 is 5.97 Å². The number of rotatable bonds is 11. The second-order valence-electron chi connectivity index (χ2n) is 4.90. The zero-order valence-electron chi connectivity index (χ0n) is 12.7. The molecule has 0 saturated carbocycles. The largest absolute Gasteiger partial charge is 0.481 e. The standard InChI is InChI=1S/C9H18O2.C5H12O5/c1-2-3-4-5-6-7-8-9(10)11;6-1-3(8)5(10)4(9)2-7/h2-8H2,1H3,(H,10,11);3-10H,1-2H2/t;3-,4+,5+. The monoisotopic (exact) mass is 310 g/mol. The minimum absolute atomic E-state index is 0.339. The Labute approximate surface area is 125 Å². The summed E-state index contributed by atoms with van der Waals surface area (Å²) in [5.41, 5.74) is 0. The molecule has 3 atom stereocenters. The molecule has 0 bridgehead atoms. The van der Waals surface area contributed by atoms with E-state index in [-0.39, 0.29) is 0 Å². The maximum atomic E-state index is 10.1. The Morgan fingerprint density at radius 2 is 1.29 bits per heavy atom. The predicted octanol–water partition coefficient (Wildman–Crippen LogP) is -0.125. The van der Waals surface area contributed by atoms with Crippen LogP contribution in [0.3, 0.4) is 0 Å². The van der Waals surface area contributed by atoms with Crippen LogP contribution in [0.1, 0.15) is 51.9 Å². The second-order valence-corrected chi connectivity index (χ2v) is 4.90. The Kier molecular flexibility index (Phi) is 16.8. The molecule has 0 aromatic rings. The Morgan fingerprint density at radius 1 is 0.857 bits per heavy atom. The van der Waals surface area contributed by atoms with Gasteiger partial charge in [-0.1, -0.05) is 39.0 Å². The molecule has 0 aliphatic heterocycles. The van der Waals surface area contributed by atoms with Gasteiger partial charge in [-0.3, -0.25) is 4.79 Å². The molecule has 0 aliphatic rings. The van der Waals surface area contributed by atoms with E-state index >= 15 is 0 Å². The van der Waals surface area contributed by atoms with Gasteiger partial charge in [-0.15, -0.1) is 0 Å². The van der Waals surface area contributed by atoms with E-state index < -0.39 is 37.5 Å². The number of hydrogen-bond donors (Lipinski definition) is 6. The number of hydrogen-bond acceptors (Lipinski definition) is 6. The van der Waals surface area contributed by atoms with Gasteiger partial charge in [0.2, 0.25) is 0 Å². The summed E-state index contributed by atoms with van der Waals surface area (Å²) in [6, 6.07) is 0. The zero-order valence-corrected chi connectivity index (χ0v) is 12.7. The fraction of sp³-hybridized carbons (Fsp3) is 0.929. The third-order valence-corrected chi connectivity index (χ3v) is 2.91.